The van der Waals surface area contributed by atoms with E-state index in [0.717, 1.165) is 55.8 Å². The number of ether oxygens (including phenoxy) is 2. The summed E-state index contributed by atoms with van der Waals surface area (Å²) in [4.78, 5) is 9.66. The van der Waals surface area contributed by atoms with Crippen LogP contribution in [0.2, 0.25) is 0 Å². The van der Waals surface area contributed by atoms with Gasteiger partial charge in [-0.15, -0.1) is 0 Å². The minimum Gasteiger partial charge on any atom is -0.483 e. The third-order valence-electron chi connectivity index (χ3n) is 7.33. The number of nitrogens with zero attached hydrogens (tertiary/aromatic N) is 4. The van der Waals surface area contributed by atoms with E-state index in [1.807, 2.05) is 0 Å². The molecule has 3 aromatic rings. The number of benzene rings is 2. The van der Waals surface area contributed by atoms with Crippen molar-refractivity contribution in [2.75, 3.05) is 46.4 Å². The van der Waals surface area contributed by atoms with E-state index in [1.165, 1.54) is 42.6 Å². The highest BCUT2D eigenvalue weighted by Crippen LogP contribution is 2.35. The number of aromatic nitrogens is 2. The molecule has 0 radical (unpaired) electrons. The summed E-state index contributed by atoms with van der Waals surface area (Å²) in [5, 5.41) is 0. The van der Waals surface area contributed by atoms with Gasteiger partial charge in [0.2, 0.25) is 0 Å². The molecule has 3 aliphatic rings. The van der Waals surface area contributed by atoms with Gasteiger partial charge in [0.05, 0.1) is 24.6 Å². The Balaban J connectivity index is 1.20. The highest BCUT2D eigenvalue weighted by molar-refractivity contribution is 5.69. The van der Waals surface area contributed by atoms with E-state index in [2.05, 4.69) is 70.1 Å². The van der Waals surface area contributed by atoms with Gasteiger partial charge in [0.15, 0.2) is 5.82 Å². The second-order valence-electron chi connectivity index (χ2n) is 9.58. The first-order valence-electron chi connectivity index (χ1n) is 12.2. The summed E-state index contributed by atoms with van der Waals surface area (Å²) in [6.07, 6.45) is 4.68. The van der Waals surface area contributed by atoms with Crippen molar-refractivity contribution >= 4 is 0 Å². The van der Waals surface area contributed by atoms with Crippen LogP contribution < -0.4 is 4.74 Å². The van der Waals surface area contributed by atoms with E-state index in [0.29, 0.717) is 12.5 Å². The maximum absolute atomic E-state index is 6.12. The zero-order valence-electron chi connectivity index (χ0n) is 19.4. The summed E-state index contributed by atoms with van der Waals surface area (Å²) in [5.41, 5.74) is 6.07. The number of morpholine rings is 1. The minimum atomic E-state index is 0.509. The lowest BCUT2D eigenvalue weighted by Crippen LogP contribution is -2.35. The monoisotopic (exact) mass is 444 g/mol. The second kappa shape index (κ2) is 8.93. The summed E-state index contributed by atoms with van der Waals surface area (Å²) >= 11 is 0. The number of hydrogen-bond donors (Lipinski definition) is 0. The lowest BCUT2D eigenvalue weighted by atomic mass is 9.88. The average molecular weight is 445 g/mol. The average Bonchev–Trinajstić information content (AvgIpc) is 3.28. The molecular weight excluding hydrogens is 412 g/mol. The van der Waals surface area contributed by atoms with Gasteiger partial charge in [-0.05, 0) is 67.7 Å². The fourth-order valence-corrected chi connectivity index (χ4v) is 5.29. The van der Waals surface area contributed by atoms with Gasteiger partial charge in [-0.2, -0.15) is 0 Å². The lowest BCUT2D eigenvalue weighted by Gasteiger charge is -2.29. The van der Waals surface area contributed by atoms with Crippen LogP contribution in [0.1, 0.15) is 35.8 Å². The maximum atomic E-state index is 6.12. The van der Waals surface area contributed by atoms with E-state index >= 15 is 0 Å². The maximum Gasteiger partial charge on any atom is 0.151 e. The summed E-state index contributed by atoms with van der Waals surface area (Å²) in [7, 11) is 2.22. The fraction of sp³-hybridized carbons (Fsp3) is 0.444. The minimum absolute atomic E-state index is 0.509. The van der Waals surface area contributed by atoms with Gasteiger partial charge >= 0.3 is 0 Å². The Morgan fingerprint density at radius 2 is 1.70 bits per heavy atom. The van der Waals surface area contributed by atoms with Gasteiger partial charge in [0.1, 0.15) is 12.4 Å². The molecule has 3 aliphatic heterocycles. The highest BCUT2D eigenvalue weighted by atomic mass is 16.5. The molecular formula is C27H32N4O2. The molecule has 0 spiro atoms. The van der Waals surface area contributed by atoms with Crippen molar-refractivity contribution in [3.63, 3.8) is 0 Å². The molecule has 6 rings (SSSR count). The van der Waals surface area contributed by atoms with Crippen LogP contribution in [0.5, 0.6) is 5.75 Å². The van der Waals surface area contributed by atoms with Crippen LogP contribution in [0.15, 0.2) is 48.7 Å². The molecule has 4 heterocycles. The van der Waals surface area contributed by atoms with Crippen molar-refractivity contribution < 1.29 is 9.47 Å². The first-order chi connectivity index (χ1) is 16.2. The molecule has 172 valence electrons. The Kier molecular flexibility index (Phi) is 5.66. The molecule has 0 aliphatic carbocycles. The zero-order chi connectivity index (χ0) is 22.2. The van der Waals surface area contributed by atoms with Crippen molar-refractivity contribution in [2.24, 2.45) is 0 Å². The SMILES string of the molecule is CN1CCC(c2ccc(-c3ccc4c(c3)OCc3nc(CN5CCOCC5)cn3-4)cc2)CC1. The Labute approximate surface area is 195 Å². The van der Waals surface area contributed by atoms with E-state index in [1.54, 1.807) is 0 Å². The van der Waals surface area contributed by atoms with E-state index in [-0.39, 0.29) is 0 Å². The highest BCUT2D eigenvalue weighted by Gasteiger charge is 2.22. The first-order valence-corrected chi connectivity index (χ1v) is 12.2. The molecule has 0 atom stereocenters. The van der Waals surface area contributed by atoms with Crippen LogP contribution in [0, 0.1) is 0 Å². The topological polar surface area (TPSA) is 42.8 Å². The number of piperidine rings is 1. The molecule has 1 aromatic heterocycles. The van der Waals surface area contributed by atoms with Crippen LogP contribution in [0.3, 0.4) is 0 Å². The summed E-state index contributed by atoms with van der Waals surface area (Å²) < 4.78 is 13.8. The van der Waals surface area contributed by atoms with Crippen LogP contribution in [-0.4, -0.2) is 65.8 Å². The molecule has 0 amide bonds. The molecule has 2 aromatic carbocycles. The largest absolute Gasteiger partial charge is 0.483 e. The Morgan fingerprint density at radius 3 is 2.48 bits per heavy atom. The van der Waals surface area contributed by atoms with E-state index in [9.17, 15) is 0 Å². The molecule has 0 N–H and O–H groups in total. The zero-order valence-corrected chi connectivity index (χ0v) is 19.4. The molecule has 2 fully saturated rings. The van der Waals surface area contributed by atoms with E-state index < -0.39 is 0 Å². The number of fused-ring (bicyclic) bond motifs is 3. The first kappa shape index (κ1) is 20.9. The van der Waals surface area contributed by atoms with Crippen molar-refractivity contribution in [1.82, 2.24) is 19.4 Å². The molecule has 0 saturated carbocycles. The molecule has 33 heavy (non-hydrogen) atoms. The fourth-order valence-electron chi connectivity index (χ4n) is 5.29. The lowest BCUT2D eigenvalue weighted by molar-refractivity contribution is 0.0337. The van der Waals surface area contributed by atoms with Gasteiger partial charge < -0.3 is 14.4 Å². The van der Waals surface area contributed by atoms with Crippen LogP contribution >= 0.6 is 0 Å². The smallest absolute Gasteiger partial charge is 0.151 e. The Bertz CT molecular complexity index is 1110. The summed E-state index contributed by atoms with van der Waals surface area (Å²) in [6, 6.07) is 15.7. The summed E-state index contributed by atoms with van der Waals surface area (Å²) in [5.74, 6) is 2.59. The van der Waals surface area contributed by atoms with Crippen LogP contribution in [-0.2, 0) is 17.9 Å². The summed E-state index contributed by atoms with van der Waals surface area (Å²) in [6.45, 7) is 7.31. The predicted molar refractivity (Wildman–Crippen MR) is 129 cm³/mol. The number of rotatable bonds is 4. The van der Waals surface area contributed by atoms with E-state index in [4.69, 9.17) is 14.5 Å². The molecule has 6 nitrogen and oxygen atoms in total. The van der Waals surface area contributed by atoms with Gasteiger partial charge in [-0.1, -0.05) is 30.3 Å². The van der Waals surface area contributed by atoms with Gasteiger partial charge in [-0.3, -0.25) is 9.47 Å². The third-order valence-corrected chi connectivity index (χ3v) is 7.33. The van der Waals surface area contributed by atoms with Gasteiger partial charge in [0, 0.05) is 25.8 Å². The number of likely N-dealkylation sites (tertiary alicyclic amines) is 1. The van der Waals surface area contributed by atoms with Crippen molar-refractivity contribution in [3.8, 4) is 22.6 Å². The molecule has 6 heteroatoms. The van der Waals surface area contributed by atoms with Crippen LogP contribution in [0.25, 0.3) is 16.8 Å². The predicted octanol–water partition coefficient (Wildman–Crippen LogP) is 4.07. The number of imidazole rings is 1. The Hall–Kier alpha value is -2.67. The van der Waals surface area contributed by atoms with Gasteiger partial charge in [0.25, 0.3) is 0 Å². The molecule has 0 bridgehead atoms. The quantitative estimate of drug-likeness (QED) is 0.607. The third kappa shape index (κ3) is 4.31. The molecule has 0 unspecified atom stereocenters. The molecule has 2 saturated heterocycles. The second-order valence-corrected chi connectivity index (χ2v) is 9.58. The van der Waals surface area contributed by atoms with Crippen molar-refractivity contribution in [3.05, 3.63) is 65.7 Å². The normalized spacial score (nSPS) is 19.7. The van der Waals surface area contributed by atoms with Crippen molar-refractivity contribution in [2.45, 2.75) is 31.9 Å². The Morgan fingerprint density at radius 1 is 0.939 bits per heavy atom. The van der Waals surface area contributed by atoms with Gasteiger partial charge in [-0.25, -0.2) is 4.98 Å². The van der Waals surface area contributed by atoms with Crippen molar-refractivity contribution in [1.29, 1.82) is 0 Å². The number of hydrogen-bond acceptors (Lipinski definition) is 5. The standard InChI is InChI=1S/C27H32N4O2/c1-29-10-8-22(9-11-29)20-2-4-21(5-3-20)23-6-7-25-26(16-23)33-19-27-28-24(18-31(25)27)17-30-12-14-32-15-13-30/h2-7,16,18,22H,8-15,17,19H2,1H3. The van der Waals surface area contributed by atoms with Crippen LogP contribution in [0.4, 0.5) is 0 Å².